The maximum Gasteiger partial charge on any atom is 0.119 e. The minimum absolute atomic E-state index is 0.174. The monoisotopic (exact) mass is 322 g/mol. The Morgan fingerprint density at radius 1 is 0.750 bits per heavy atom. The van der Waals surface area contributed by atoms with Gasteiger partial charge in [-0.25, -0.2) is 0 Å². The molecular weight excluding hydrogens is 296 g/mol. The van der Waals surface area contributed by atoms with Gasteiger partial charge >= 0.3 is 0 Å². The highest BCUT2D eigenvalue weighted by Gasteiger charge is 2.06. The smallest absolute Gasteiger partial charge is 0.119 e. The second-order valence-electron chi connectivity index (χ2n) is 6.20. The molecule has 0 N–H and O–H groups in total. The zero-order valence-electron chi connectivity index (χ0n) is 15.0. The van der Waals surface area contributed by atoms with Crippen LogP contribution in [0.5, 0.6) is 11.5 Å². The Morgan fingerprint density at radius 3 is 1.42 bits per heavy atom. The molecular formula is C22H26O2. The summed E-state index contributed by atoms with van der Waals surface area (Å²) in [5, 5.41) is 0. The van der Waals surface area contributed by atoms with Crippen molar-refractivity contribution in [1.82, 2.24) is 0 Å². The summed E-state index contributed by atoms with van der Waals surface area (Å²) in [6.07, 6.45) is 4.18. The molecule has 2 nitrogen and oxygen atoms in total. The van der Waals surface area contributed by atoms with Crippen LogP contribution in [0.1, 0.15) is 38.8 Å². The standard InChI is InChI=1S/C22H26O2/c1-6-7-22(18-8-12-20(13-9-18)23-16(2)3)19-10-14-21(15-11-19)24-17(4)5/h6-17H,1H2,2-5H3. The van der Waals surface area contributed by atoms with Gasteiger partial charge in [0, 0.05) is 0 Å². The number of allylic oxidation sites excluding steroid dienone is 2. The van der Waals surface area contributed by atoms with E-state index < -0.39 is 0 Å². The molecule has 0 aromatic heterocycles. The highest BCUT2D eigenvalue weighted by molar-refractivity contribution is 5.81. The Bertz CT molecular complexity index is 621. The lowest BCUT2D eigenvalue weighted by Crippen LogP contribution is -2.05. The summed E-state index contributed by atoms with van der Waals surface area (Å²) in [5.74, 6) is 1.76. The number of hydrogen-bond acceptors (Lipinski definition) is 2. The first-order chi connectivity index (χ1) is 11.5. The van der Waals surface area contributed by atoms with Crippen LogP contribution in [0, 0.1) is 0 Å². The summed E-state index contributed by atoms with van der Waals surface area (Å²) in [5.41, 5.74) is 3.38. The summed E-state index contributed by atoms with van der Waals surface area (Å²) >= 11 is 0. The summed E-state index contributed by atoms with van der Waals surface area (Å²) in [4.78, 5) is 0. The molecule has 0 bridgehead atoms. The highest BCUT2D eigenvalue weighted by atomic mass is 16.5. The Morgan fingerprint density at radius 2 is 1.12 bits per heavy atom. The Hall–Kier alpha value is -2.48. The van der Waals surface area contributed by atoms with Crippen LogP contribution < -0.4 is 9.47 Å². The third-order valence-corrected chi connectivity index (χ3v) is 3.36. The topological polar surface area (TPSA) is 18.5 Å². The molecule has 2 heteroatoms. The minimum Gasteiger partial charge on any atom is -0.491 e. The quantitative estimate of drug-likeness (QED) is 0.593. The second-order valence-corrected chi connectivity index (χ2v) is 6.20. The fraction of sp³-hybridized carbons (Fsp3) is 0.273. The normalized spacial score (nSPS) is 10.6. The fourth-order valence-electron chi connectivity index (χ4n) is 2.45. The highest BCUT2D eigenvalue weighted by Crippen LogP contribution is 2.27. The molecule has 2 aromatic carbocycles. The Balaban J connectivity index is 2.26. The van der Waals surface area contributed by atoms with Crippen LogP contribution in [0.3, 0.4) is 0 Å². The molecule has 0 unspecified atom stereocenters. The molecule has 0 saturated heterocycles. The van der Waals surface area contributed by atoms with Crippen molar-refractivity contribution >= 4 is 5.57 Å². The van der Waals surface area contributed by atoms with Crippen LogP contribution >= 0.6 is 0 Å². The van der Waals surface area contributed by atoms with E-state index >= 15 is 0 Å². The van der Waals surface area contributed by atoms with Gasteiger partial charge in [-0.2, -0.15) is 0 Å². The maximum absolute atomic E-state index is 5.71. The van der Waals surface area contributed by atoms with E-state index in [2.05, 4.69) is 30.8 Å². The molecule has 0 saturated carbocycles. The van der Waals surface area contributed by atoms with Crippen LogP contribution in [0.4, 0.5) is 0 Å². The van der Waals surface area contributed by atoms with Crippen molar-refractivity contribution in [2.75, 3.05) is 0 Å². The van der Waals surface area contributed by atoms with E-state index in [1.807, 2.05) is 64.1 Å². The van der Waals surface area contributed by atoms with Gasteiger partial charge in [0.2, 0.25) is 0 Å². The van der Waals surface area contributed by atoms with Gasteiger partial charge in [0.15, 0.2) is 0 Å². The van der Waals surface area contributed by atoms with E-state index in [1.54, 1.807) is 0 Å². The Labute approximate surface area is 145 Å². The lowest BCUT2D eigenvalue weighted by atomic mass is 9.97. The van der Waals surface area contributed by atoms with Crippen LogP contribution in [0.2, 0.25) is 0 Å². The predicted octanol–water partition coefficient (Wildman–Crippen LogP) is 5.88. The minimum atomic E-state index is 0.174. The number of hydrogen-bond donors (Lipinski definition) is 0. The first-order valence-electron chi connectivity index (χ1n) is 8.36. The van der Waals surface area contributed by atoms with Gasteiger partial charge in [0.1, 0.15) is 11.5 Å². The average Bonchev–Trinajstić information content (AvgIpc) is 2.53. The van der Waals surface area contributed by atoms with E-state index in [1.165, 1.54) is 0 Å². The van der Waals surface area contributed by atoms with E-state index in [0.29, 0.717) is 0 Å². The van der Waals surface area contributed by atoms with Gasteiger partial charge in [-0.3, -0.25) is 0 Å². The van der Waals surface area contributed by atoms with Crippen molar-refractivity contribution in [1.29, 1.82) is 0 Å². The second kappa shape index (κ2) is 8.39. The molecule has 0 fully saturated rings. The first kappa shape index (κ1) is 17.9. The van der Waals surface area contributed by atoms with Gasteiger partial charge in [0.25, 0.3) is 0 Å². The Kier molecular flexibility index (Phi) is 6.25. The maximum atomic E-state index is 5.71. The van der Waals surface area contributed by atoms with Gasteiger partial charge in [-0.15, -0.1) is 0 Å². The number of benzene rings is 2. The SMILES string of the molecule is C=CC=C(c1ccc(OC(C)C)cc1)c1ccc(OC(C)C)cc1. The van der Waals surface area contributed by atoms with Crippen LogP contribution in [-0.4, -0.2) is 12.2 Å². The van der Waals surface area contributed by atoms with E-state index in [4.69, 9.17) is 9.47 Å². The molecule has 0 radical (unpaired) electrons. The predicted molar refractivity (Wildman–Crippen MR) is 102 cm³/mol. The molecule has 0 aliphatic heterocycles. The lowest BCUT2D eigenvalue weighted by Gasteiger charge is -2.13. The van der Waals surface area contributed by atoms with Gasteiger partial charge in [-0.1, -0.05) is 43.0 Å². The van der Waals surface area contributed by atoms with Crippen molar-refractivity contribution in [3.63, 3.8) is 0 Å². The largest absolute Gasteiger partial charge is 0.491 e. The molecule has 0 aliphatic carbocycles. The van der Waals surface area contributed by atoms with E-state index in [0.717, 1.165) is 28.2 Å². The molecule has 0 atom stereocenters. The van der Waals surface area contributed by atoms with Gasteiger partial charge in [-0.05, 0) is 68.7 Å². The third kappa shape index (κ3) is 5.02. The van der Waals surface area contributed by atoms with Crippen LogP contribution in [0.25, 0.3) is 5.57 Å². The molecule has 0 spiro atoms. The molecule has 0 amide bonds. The number of ether oxygens (including phenoxy) is 2. The van der Waals surface area contributed by atoms with Crippen LogP contribution in [-0.2, 0) is 0 Å². The molecule has 126 valence electrons. The summed E-state index contributed by atoms with van der Waals surface area (Å²) in [6, 6.07) is 16.3. The fourth-order valence-corrected chi connectivity index (χ4v) is 2.45. The number of rotatable bonds is 7. The molecule has 0 aliphatic rings. The van der Waals surface area contributed by atoms with Crippen molar-refractivity contribution in [3.8, 4) is 11.5 Å². The van der Waals surface area contributed by atoms with Gasteiger partial charge < -0.3 is 9.47 Å². The van der Waals surface area contributed by atoms with Crippen molar-refractivity contribution < 1.29 is 9.47 Å². The van der Waals surface area contributed by atoms with Crippen LogP contribution in [0.15, 0.2) is 67.3 Å². The first-order valence-corrected chi connectivity index (χ1v) is 8.36. The van der Waals surface area contributed by atoms with Gasteiger partial charge in [0.05, 0.1) is 12.2 Å². The zero-order chi connectivity index (χ0) is 17.5. The molecule has 0 heterocycles. The van der Waals surface area contributed by atoms with Crippen molar-refractivity contribution in [3.05, 3.63) is 78.4 Å². The molecule has 2 aromatic rings. The average molecular weight is 322 g/mol. The summed E-state index contributed by atoms with van der Waals surface area (Å²) in [7, 11) is 0. The van der Waals surface area contributed by atoms with Crippen molar-refractivity contribution in [2.45, 2.75) is 39.9 Å². The molecule has 24 heavy (non-hydrogen) atoms. The summed E-state index contributed by atoms with van der Waals surface area (Å²) in [6.45, 7) is 11.9. The zero-order valence-corrected chi connectivity index (χ0v) is 15.0. The molecule has 2 rings (SSSR count). The lowest BCUT2D eigenvalue weighted by molar-refractivity contribution is 0.242. The summed E-state index contributed by atoms with van der Waals surface area (Å²) < 4.78 is 11.4. The third-order valence-electron chi connectivity index (χ3n) is 3.36. The van der Waals surface area contributed by atoms with E-state index in [-0.39, 0.29) is 12.2 Å². The van der Waals surface area contributed by atoms with Crippen molar-refractivity contribution in [2.24, 2.45) is 0 Å². The van der Waals surface area contributed by atoms with E-state index in [9.17, 15) is 0 Å².